The van der Waals surface area contributed by atoms with E-state index in [0.29, 0.717) is 23.2 Å². The number of hydrogen-bond donors (Lipinski definition) is 0. The molecule has 6 heteroatoms. The first kappa shape index (κ1) is 26.8. The summed E-state index contributed by atoms with van der Waals surface area (Å²) < 4.78 is 6.34. The fourth-order valence-electron chi connectivity index (χ4n) is 6.12. The average molecular weight is 604 g/mol. The van der Waals surface area contributed by atoms with E-state index in [1.165, 1.54) is 0 Å². The summed E-state index contributed by atoms with van der Waals surface area (Å²) in [5.74, 6) is 1.83. The lowest BCUT2D eigenvalue weighted by atomic mass is 10.00. The summed E-state index contributed by atoms with van der Waals surface area (Å²) in [6, 6.07) is 48.7. The van der Waals surface area contributed by atoms with Crippen molar-refractivity contribution in [1.82, 2.24) is 24.9 Å². The van der Waals surface area contributed by atoms with Gasteiger partial charge in [0.1, 0.15) is 11.3 Å². The molecule has 0 amide bonds. The molecule has 220 valence electrons. The quantitative estimate of drug-likeness (QED) is 0.195. The van der Waals surface area contributed by atoms with Gasteiger partial charge in [-0.15, -0.1) is 0 Å². The fraction of sp³-hybridized carbons (Fsp3) is 0. The zero-order chi connectivity index (χ0) is 31.2. The predicted octanol–water partition coefficient (Wildman–Crippen LogP) is 10.0. The first-order valence-electron chi connectivity index (χ1n) is 15.4. The van der Waals surface area contributed by atoms with Crippen molar-refractivity contribution >= 4 is 32.7 Å². The molecule has 0 radical (unpaired) electrons. The number of hydrogen-bond acceptors (Lipinski definition) is 6. The Hall–Kier alpha value is -6.53. The number of nitrogens with zero attached hydrogens (tertiary/aromatic N) is 5. The minimum Gasteiger partial charge on any atom is -0.454 e. The van der Waals surface area contributed by atoms with Gasteiger partial charge in [-0.3, -0.25) is 4.98 Å². The normalized spacial score (nSPS) is 11.4. The van der Waals surface area contributed by atoms with E-state index in [0.717, 1.165) is 66.4 Å². The molecule has 0 N–H and O–H groups in total. The lowest BCUT2D eigenvalue weighted by Gasteiger charge is -2.12. The van der Waals surface area contributed by atoms with Crippen molar-refractivity contribution in [2.24, 2.45) is 0 Å². The molecule has 9 aromatic rings. The van der Waals surface area contributed by atoms with Crippen molar-refractivity contribution < 1.29 is 4.42 Å². The van der Waals surface area contributed by atoms with Crippen molar-refractivity contribution in [1.29, 1.82) is 0 Å². The molecule has 6 nitrogen and oxygen atoms in total. The number of fused-ring (bicyclic) bond motifs is 4. The SMILES string of the molecule is c1ccc(-c2nc(-c3ccccc3)nc(-c3cccc(-c4nc(-c5nccc6c5oc5ccccc56)cc5ccccc45)c3)n2)cc1. The van der Waals surface area contributed by atoms with Gasteiger partial charge in [-0.05, 0) is 29.7 Å². The van der Waals surface area contributed by atoms with E-state index in [1.807, 2.05) is 115 Å². The standard InChI is InChI=1S/C41H25N5O/c1-3-12-26(13-4-1)39-44-40(27-14-5-2-6-15-27)46-41(45-39)30-18-11-17-29(24-30)36-31-19-8-7-16-28(31)25-34(43-36)37-38-33(22-23-42-37)32-20-9-10-21-35(32)47-38/h1-25H. The van der Waals surface area contributed by atoms with Crippen molar-refractivity contribution in [3.63, 3.8) is 0 Å². The van der Waals surface area contributed by atoms with Gasteiger partial charge >= 0.3 is 0 Å². The summed E-state index contributed by atoms with van der Waals surface area (Å²) in [6.07, 6.45) is 1.83. The van der Waals surface area contributed by atoms with Crippen LogP contribution in [-0.2, 0) is 0 Å². The molecular formula is C41H25N5O. The number of aromatic nitrogens is 5. The zero-order valence-corrected chi connectivity index (χ0v) is 25.1. The molecule has 0 bridgehead atoms. The molecule has 0 aliphatic carbocycles. The van der Waals surface area contributed by atoms with Gasteiger partial charge in [0.25, 0.3) is 0 Å². The topological polar surface area (TPSA) is 77.6 Å². The van der Waals surface area contributed by atoms with E-state index in [9.17, 15) is 0 Å². The van der Waals surface area contributed by atoms with Gasteiger partial charge in [0.2, 0.25) is 0 Å². The molecule has 0 atom stereocenters. The van der Waals surface area contributed by atoms with Crippen LogP contribution in [0.15, 0.2) is 156 Å². The number of benzene rings is 5. The van der Waals surface area contributed by atoms with Crippen molar-refractivity contribution in [2.45, 2.75) is 0 Å². The molecule has 0 saturated carbocycles. The molecule has 47 heavy (non-hydrogen) atoms. The maximum absolute atomic E-state index is 6.34. The molecular weight excluding hydrogens is 578 g/mol. The third-order valence-corrected chi connectivity index (χ3v) is 8.37. The third kappa shape index (κ3) is 4.80. The van der Waals surface area contributed by atoms with Gasteiger partial charge in [0, 0.05) is 44.6 Å². The highest BCUT2D eigenvalue weighted by atomic mass is 16.3. The lowest BCUT2D eigenvalue weighted by molar-refractivity contribution is 0.668. The largest absolute Gasteiger partial charge is 0.454 e. The van der Waals surface area contributed by atoms with E-state index in [2.05, 4.69) is 36.4 Å². The first-order valence-corrected chi connectivity index (χ1v) is 15.4. The Morgan fingerprint density at radius 3 is 1.74 bits per heavy atom. The smallest absolute Gasteiger partial charge is 0.164 e. The van der Waals surface area contributed by atoms with Crippen LogP contribution in [0.25, 0.3) is 89.5 Å². The Bertz CT molecular complexity index is 2520. The minimum absolute atomic E-state index is 0.591. The van der Waals surface area contributed by atoms with Gasteiger partial charge in [0.15, 0.2) is 23.1 Å². The monoisotopic (exact) mass is 603 g/mol. The van der Waals surface area contributed by atoms with Crippen LogP contribution in [0.4, 0.5) is 0 Å². The Labute approximate surface area is 270 Å². The van der Waals surface area contributed by atoms with Crippen molar-refractivity contribution in [3.8, 4) is 56.8 Å². The summed E-state index contributed by atoms with van der Waals surface area (Å²) >= 11 is 0. The van der Waals surface area contributed by atoms with Gasteiger partial charge in [-0.2, -0.15) is 0 Å². The molecule has 0 saturated heterocycles. The highest BCUT2D eigenvalue weighted by Gasteiger charge is 2.18. The summed E-state index contributed by atoms with van der Waals surface area (Å²) in [6.45, 7) is 0. The summed E-state index contributed by atoms with van der Waals surface area (Å²) in [5, 5.41) is 4.17. The van der Waals surface area contributed by atoms with E-state index in [1.54, 1.807) is 0 Å². The minimum atomic E-state index is 0.591. The Kier molecular flexibility index (Phi) is 6.35. The van der Waals surface area contributed by atoms with Gasteiger partial charge in [-0.25, -0.2) is 19.9 Å². The van der Waals surface area contributed by atoms with E-state index in [4.69, 9.17) is 29.3 Å². The molecule has 4 aromatic heterocycles. The average Bonchev–Trinajstić information content (AvgIpc) is 3.54. The molecule has 0 aliphatic rings. The first-order chi connectivity index (χ1) is 23.3. The van der Waals surface area contributed by atoms with Gasteiger partial charge in [0.05, 0.1) is 11.4 Å². The fourth-order valence-corrected chi connectivity index (χ4v) is 6.12. The van der Waals surface area contributed by atoms with Crippen LogP contribution < -0.4 is 0 Å². The summed E-state index contributed by atoms with van der Waals surface area (Å²) in [4.78, 5) is 24.8. The Morgan fingerprint density at radius 2 is 1.00 bits per heavy atom. The van der Waals surface area contributed by atoms with Crippen LogP contribution >= 0.6 is 0 Å². The second-order valence-corrected chi connectivity index (χ2v) is 11.3. The second kappa shape index (κ2) is 11.1. The number of rotatable bonds is 5. The van der Waals surface area contributed by atoms with Gasteiger partial charge < -0.3 is 4.42 Å². The van der Waals surface area contributed by atoms with E-state index in [-0.39, 0.29) is 0 Å². The van der Waals surface area contributed by atoms with E-state index < -0.39 is 0 Å². The Morgan fingerprint density at radius 1 is 0.404 bits per heavy atom. The van der Waals surface area contributed by atoms with Crippen LogP contribution in [0.1, 0.15) is 0 Å². The maximum atomic E-state index is 6.34. The highest BCUT2D eigenvalue weighted by molar-refractivity contribution is 6.09. The molecule has 4 heterocycles. The molecule has 0 unspecified atom stereocenters. The number of furan rings is 1. The lowest BCUT2D eigenvalue weighted by Crippen LogP contribution is -2.00. The number of para-hydroxylation sites is 1. The summed E-state index contributed by atoms with van der Waals surface area (Å²) in [7, 11) is 0. The highest BCUT2D eigenvalue weighted by Crippen LogP contribution is 2.37. The van der Waals surface area contributed by atoms with Gasteiger partial charge in [-0.1, -0.05) is 121 Å². The van der Waals surface area contributed by atoms with Crippen LogP contribution in [0.3, 0.4) is 0 Å². The van der Waals surface area contributed by atoms with Crippen molar-refractivity contribution in [2.75, 3.05) is 0 Å². The van der Waals surface area contributed by atoms with E-state index >= 15 is 0 Å². The predicted molar refractivity (Wildman–Crippen MR) is 187 cm³/mol. The second-order valence-electron chi connectivity index (χ2n) is 11.3. The Balaban J connectivity index is 1.22. The molecule has 9 rings (SSSR count). The summed E-state index contributed by atoms with van der Waals surface area (Å²) in [5.41, 5.74) is 7.51. The molecule has 0 fully saturated rings. The molecule has 5 aromatic carbocycles. The molecule has 0 aliphatic heterocycles. The maximum Gasteiger partial charge on any atom is 0.164 e. The van der Waals surface area contributed by atoms with Crippen molar-refractivity contribution in [3.05, 3.63) is 152 Å². The molecule has 0 spiro atoms. The zero-order valence-electron chi connectivity index (χ0n) is 25.1. The van der Waals surface area contributed by atoms with Crippen LogP contribution in [0.5, 0.6) is 0 Å². The number of pyridine rings is 2. The van der Waals surface area contributed by atoms with Crippen LogP contribution in [0, 0.1) is 0 Å². The van der Waals surface area contributed by atoms with Crippen LogP contribution in [0.2, 0.25) is 0 Å². The third-order valence-electron chi connectivity index (χ3n) is 8.37. The van der Waals surface area contributed by atoms with Crippen LogP contribution in [-0.4, -0.2) is 24.9 Å².